The molecule has 24 heavy (non-hydrogen) atoms. The summed E-state index contributed by atoms with van der Waals surface area (Å²) in [4.78, 5) is 24.9. The van der Waals surface area contributed by atoms with Gasteiger partial charge in [0, 0.05) is 20.0 Å². The summed E-state index contributed by atoms with van der Waals surface area (Å²) >= 11 is 0. The lowest BCUT2D eigenvalue weighted by molar-refractivity contribution is -0.160. The first-order chi connectivity index (χ1) is 11.3. The highest BCUT2D eigenvalue weighted by atomic mass is 19.4. The molecule has 1 aromatic carbocycles. The molecule has 1 atom stereocenters. The van der Waals surface area contributed by atoms with Gasteiger partial charge in [0.05, 0.1) is 6.04 Å². The lowest BCUT2D eigenvalue weighted by Gasteiger charge is -2.25. The van der Waals surface area contributed by atoms with E-state index in [9.17, 15) is 22.8 Å². The standard InChI is InChI=1S/C16H19F3N2O3/c1-21(13-7-6-11-4-2-3-5-12(11)13)14(22)8-9-20-15(23)24-10-16(17,18)19/h2-5,13H,6-10H2,1H3,(H,20,23)/t13-/m0/s1. The molecular weight excluding hydrogens is 325 g/mol. The molecule has 5 nitrogen and oxygen atoms in total. The van der Waals surface area contributed by atoms with Gasteiger partial charge in [0.2, 0.25) is 5.91 Å². The number of alkyl carbamates (subject to hydrolysis) is 1. The minimum absolute atomic E-state index is 0.00369. The number of ether oxygens (including phenoxy) is 1. The first-order valence-electron chi connectivity index (χ1n) is 7.59. The van der Waals surface area contributed by atoms with Gasteiger partial charge in [-0.2, -0.15) is 13.2 Å². The first-order valence-corrected chi connectivity index (χ1v) is 7.59. The van der Waals surface area contributed by atoms with Crippen molar-refractivity contribution in [2.75, 3.05) is 20.2 Å². The number of amides is 2. The number of nitrogens with zero attached hydrogens (tertiary/aromatic N) is 1. The van der Waals surface area contributed by atoms with Crippen LogP contribution in [0, 0.1) is 0 Å². The molecule has 2 amide bonds. The Kier molecular flexibility index (Phi) is 5.69. The predicted molar refractivity (Wildman–Crippen MR) is 80.3 cm³/mol. The summed E-state index contributed by atoms with van der Waals surface area (Å²) in [7, 11) is 1.69. The lowest BCUT2D eigenvalue weighted by Crippen LogP contribution is -2.35. The first kappa shape index (κ1) is 18.1. The fourth-order valence-electron chi connectivity index (χ4n) is 2.76. The maximum Gasteiger partial charge on any atom is 0.422 e. The van der Waals surface area contributed by atoms with Crippen LogP contribution in [0.25, 0.3) is 0 Å². The van der Waals surface area contributed by atoms with Gasteiger partial charge in [-0.25, -0.2) is 4.79 Å². The fourth-order valence-corrected chi connectivity index (χ4v) is 2.76. The van der Waals surface area contributed by atoms with E-state index in [0.717, 1.165) is 18.4 Å². The van der Waals surface area contributed by atoms with Crippen LogP contribution in [-0.4, -0.2) is 43.3 Å². The van der Waals surface area contributed by atoms with Crippen LogP contribution < -0.4 is 5.32 Å². The zero-order valence-corrected chi connectivity index (χ0v) is 13.2. The SMILES string of the molecule is CN(C(=O)CCNC(=O)OCC(F)(F)F)[C@H]1CCc2ccccc21. The maximum absolute atomic E-state index is 12.2. The Morgan fingerprint density at radius 3 is 2.75 bits per heavy atom. The van der Waals surface area contributed by atoms with Crippen molar-refractivity contribution in [2.45, 2.75) is 31.5 Å². The van der Waals surface area contributed by atoms with Gasteiger partial charge >= 0.3 is 12.3 Å². The third kappa shape index (κ3) is 4.87. The van der Waals surface area contributed by atoms with Gasteiger partial charge in [0.15, 0.2) is 6.61 Å². The number of hydrogen-bond acceptors (Lipinski definition) is 3. The van der Waals surface area contributed by atoms with E-state index in [-0.39, 0.29) is 24.9 Å². The third-order valence-electron chi connectivity index (χ3n) is 3.94. The number of carbonyl (C=O) groups excluding carboxylic acids is 2. The molecular formula is C16H19F3N2O3. The number of alkyl halides is 3. The van der Waals surface area contributed by atoms with Crippen molar-refractivity contribution >= 4 is 12.0 Å². The van der Waals surface area contributed by atoms with E-state index < -0.39 is 18.9 Å². The van der Waals surface area contributed by atoms with Gasteiger partial charge in [-0.05, 0) is 24.0 Å². The summed E-state index contributed by atoms with van der Waals surface area (Å²) in [6.45, 7) is -1.72. The van der Waals surface area contributed by atoms with Crippen LogP contribution in [0.15, 0.2) is 24.3 Å². The van der Waals surface area contributed by atoms with Crippen molar-refractivity contribution in [1.29, 1.82) is 0 Å². The van der Waals surface area contributed by atoms with Gasteiger partial charge in [0.25, 0.3) is 0 Å². The number of rotatable bonds is 5. The fraction of sp³-hybridized carbons (Fsp3) is 0.500. The van der Waals surface area contributed by atoms with E-state index in [1.54, 1.807) is 11.9 Å². The molecule has 132 valence electrons. The molecule has 8 heteroatoms. The zero-order valence-electron chi connectivity index (χ0n) is 13.2. The quantitative estimate of drug-likeness (QED) is 0.894. The Hall–Kier alpha value is -2.25. The van der Waals surface area contributed by atoms with Crippen LogP contribution in [0.3, 0.4) is 0 Å². The molecule has 0 fully saturated rings. The largest absolute Gasteiger partial charge is 0.440 e. The minimum Gasteiger partial charge on any atom is -0.440 e. The summed E-state index contributed by atoms with van der Waals surface area (Å²) in [5.74, 6) is -0.187. The van der Waals surface area contributed by atoms with Crippen LogP contribution in [0.5, 0.6) is 0 Å². The average Bonchev–Trinajstić information content (AvgIpc) is 2.95. The Labute approximate surface area is 137 Å². The molecule has 0 bridgehead atoms. The van der Waals surface area contributed by atoms with E-state index in [1.165, 1.54) is 5.56 Å². The smallest absolute Gasteiger partial charge is 0.422 e. The molecule has 1 aliphatic rings. The second kappa shape index (κ2) is 7.55. The Morgan fingerprint density at radius 2 is 2.04 bits per heavy atom. The molecule has 0 unspecified atom stereocenters. The predicted octanol–water partition coefficient (Wildman–Crippen LogP) is 2.81. The van der Waals surface area contributed by atoms with E-state index >= 15 is 0 Å². The number of hydrogen-bond donors (Lipinski definition) is 1. The van der Waals surface area contributed by atoms with Crippen LogP contribution in [0.2, 0.25) is 0 Å². The summed E-state index contributed by atoms with van der Waals surface area (Å²) in [5, 5.41) is 2.14. The highest BCUT2D eigenvalue weighted by molar-refractivity contribution is 5.77. The van der Waals surface area contributed by atoms with E-state index in [1.807, 2.05) is 24.3 Å². The van der Waals surface area contributed by atoms with Crippen molar-refractivity contribution < 1.29 is 27.5 Å². The number of aryl methyl sites for hydroxylation is 1. The minimum atomic E-state index is -4.57. The van der Waals surface area contributed by atoms with Crippen molar-refractivity contribution in [1.82, 2.24) is 10.2 Å². The summed E-state index contributed by atoms with van der Waals surface area (Å²) in [5.41, 5.74) is 2.34. The van der Waals surface area contributed by atoms with Crippen molar-refractivity contribution in [3.8, 4) is 0 Å². The normalized spacial score (nSPS) is 16.4. The van der Waals surface area contributed by atoms with Crippen LogP contribution in [0.1, 0.15) is 30.0 Å². The van der Waals surface area contributed by atoms with Gasteiger partial charge in [-0.1, -0.05) is 24.3 Å². The number of fused-ring (bicyclic) bond motifs is 1. The van der Waals surface area contributed by atoms with Crippen molar-refractivity contribution in [2.24, 2.45) is 0 Å². The van der Waals surface area contributed by atoms with Crippen molar-refractivity contribution in [3.63, 3.8) is 0 Å². The molecule has 0 heterocycles. The lowest BCUT2D eigenvalue weighted by atomic mass is 10.1. The molecule has 1 aliphatic carbocycles. The molecule has 0 aromatic heterocycles. The molecule has 0 radical (unpaired) electrons. The van der Waals surface area contributed by atoms with Gasteiger partial charge in [-0.3, -0.25) is 4.79 Å². The second-order valence-corrected chi connectivity index (χ2v) is 5.63. The molecule has 0 saturated heterocycles. The average molecular weight is 344 g/mol. The van der Waals surface area contributed by atoms with Gasteiger partial charge in [0.1, 0.15) is 0 Å². The van der Waals surface area contributed by atoms with Gasteiger partial charge < -0.3 is 15.0 Å². The highest BCUT2D eigenvalue weighted by Gasteiger charge is 2.30. The Morgan fingerprint density at radius 1 is 1.33 bits per heavy atom. The molecule has 2 rings (SSSR count). The van der Waals surface area contributed by atoms with E-state index in [4.69, 9.17) is 0 Å². The number of halogens is 3. The Balaban J connectivity index is 1.76. The summed E-state index contributed by atoms with van der Waals surface area (Å²) < 4.78 is 39.7. The van der Waals surface area contributed by atoms with E-state index in [0.29, 0.717) is 0 Å². The van der Waals surface area contributed by atoms with Gasteiger partial charge in [-0.15, -0.1) is 0 Å². The van der Waals surface area contributed by atoms with Crippen molar-refractivity contribution in [3.05, 3.63) is 35.4 Å². The number of benzene rings is 1. The number of carbonyl (C=O) groups is 2. The topological polar surface area (TPSA) is 58.6 Å². The molecule has 1 aromatic rings. The maximum atomic E-state index is 12.2. The Bertz CT molecular complexity index is 604. The molecule has 0 spiro atoms. The monoisotopic (exact) mass is 344 g/mol. The third-order valence-corrected chi connectivity index (χ3v) is 3.94. The van der Waals surface area contributed by atoms with Crippen LogP contribution >= 0.6 is 0 Å². The number of nitrogens with one attached hydrogen (secondary N) is 1. The second-order valence-electron chi connectivity index (χ2n) is 5.63. The summed E-state index contributed by atoms with van der Waals surface area (Å²) in [6, 6.07) is 7.90. The highest BCUT2D eigenvalue weighted by Crippen LogP contribution is 2.34. The molecule has 0 saturated carbocycles. The zero-order chi connectivity index (χ0) is 17.7. The molecule has 0 aliphatic heterocycles. The van der Waals surface area contributed by atoms with Crippen LogP contribution in [0.4, 0.5) is 18.0 Å². The van der Waals surface area contributed by atoms with Crippen LogP contribution in [-0.2, 0) is 16.0 Å². The summed E-state index contributed by atoms with van der Waals surface area (Å²) in [6.07, 6.45) is -4.02. The van der Waals surface area contributed by atoms with E-state index in [2.05, 4.69) is 10.1 Å². The molecule has 1 N–H and O–H groups in total.